The molecular weight excluding hydrogens is 216 g/mol. The molecule has 1 aliphatic rings. The minimum Gasteiger partial charge on any atom is -0.344 e. The van der Waals surface area contributed by atoms with Crippen LogP contribution in [0.4, 0.5) is 0 Å². The molecule has 5 heteroatoms. The van der Waals surface area contributed by atoms with E-state index in [0.29, 0.717) is 6.54 Å². The van der Waals surface area contributed by atoms with Gasteiger partial charge in [-0.15, -0.1) is 0 Å². The molecule has 2 heterocycles. The fraction of sp³-hybridized carbons (Fsp3) is 0.500. The number of nitrogens with zero attached hydrogens (tertiary/aromatic N) is 3. The van der Waals surface area contributed by atoms with Gasteiger partial charge in [-0.25, -0.2) is 0 Å². The van der Waals surface area contributed by atoms with Crippen LogP contribution in [0.15, 0.2) is 12.3 Å². The lowest BCUT2D eigenvalue weighted by Crippen LogP contribution is -2.39. The van der Waals surface area contributed by atoms with E-state index in [1.54, 1.807) is 6.92 Å². The average molecular weight is 232 g/mol. The van der Waals surface area contributed by atoms with Crippen molar-refractivity contribution < 1.29 is 4.79 Å². The predicted octanol–water partition coefficient (Wildman–Crippen LogP) is -0.162. The maximum atomic E-state index is 11.1. The van der Waals surface area contributed by atoms with E-state index in [1.165, 1.54) is 5.69 Å². The van der Waals surface area contributed by atoms with Crippen LogP contribution in [0.3, 0.4) is 0 Å². The first-order valence-corrected chi connectivity index (χ1v) is 5.73. The zero-order valence-electron chi connectivity index (χ0n) is 9.94. The Labute approximate surface area is 101 Å². The Hall–Kier alpha value is -1.80. The molecule has 0 aromatic carbocycles. The smallest absolute Gasteiger partial charge is 0.295 e. The first-order chi connectivity index (χ1) is 8.29. The maximum absolute atomic E-state index is 11.1. The fourth-order valence-corrected chi connectivity index (χ4v) is 1.92. The summed E-state index contributed by atoms with van der Waals surface area (Å²) in [5.41, 5.74) is 1.23. The van der Waals surface area contributed by atoms with Crippen molar-refractivity contribution >= 4 is 5.91 Å². The van der Waals surface area contributed by atoms with Crippen molar-refractivity contribution in [2.45, 2.75) is 20.0 Å². The summed E-state index contributed by atoms with van der Waals surface area (Å²) in [6.45, 7) is 5.94. The number of hydrogen-bond donors (Lipinski definition) is 1. The third kappa shape index (κ3) is 3.08. The Morgan fingerprint density at radius 1 is 1.59 bits per heavy atom. The molecule has 0 spiro atoms. The normalized spacial score (nSPS) is 14.6. The minimum absolute atomic E-state index is 0.199. The Bertz CT molecular complexity index is 455. The van der Waals surface area contributed by atoms with Gasteiger partial charge >= 0.3 is 0 Å². The second kappa shape index (κ2) is 5.51. The van der Waals surface area contributed by atoms with Gasteiger partial charge < -0.3 is 5.32 Å². The Kier molecular flexibility index (Phi) is 3.78. The summed E-state index contributed by atoms with van der Waals surface area (Å²) in [7, 11) is 0. The van der Waals surface area contributed by atoms with Crippen LogP contribution in [0, 0.1) is 11.8 Å². The van der Waals surface area contributed by atoms with E-state index in [-0.39, 0.29) is 5.91 Å². The molecule has 1 aromatic rings. The molecular formula is C12H16N4O. The fourth-order valence-electron chi connectivity index (χ4n) is 1.92. The van der Waals surface area contributed by atoms with Gasteiger partial charge in [0.05, 0.1) is 12.2 Å². The summed E-state index contributed by atoms with van der Waals surface area (Å²) in [4.78, 5) is 13.4. The highest BCUT2D eigenvalue weighted by atomic mass is 16.1. The molecule has 0 saturated carbocycles. The molecule has 2 rings (SSSR count). The van der Waals surface area contributed by atoms with Crippen molar-refractivity contribution in [1.82, 2.24) is 20.0 Å². The summed E-state index contributed by atoms with van der Waals surface area (Å²) in [6.07, 6.45) is 1.83. The van der Waals surface area contributed by atoms with Crippen molar-refractivity contribution in [2.75, 3.05) is 19.6 Å². The van der Waals surface area contributed by atoms with Crippen LogP contribution < -0.4 is 5.32 Å². The summed E-state index contributed by atoms with van der Waals surface area (Å²) < 4.78 is 2.03. The van der Waals surface area contributed by atoms with Crippen molar-refractivity contribution in [3.8, 4) is 11.8 Å². The van der Waals surface area contributed by atoms with Crippen LogP contribution in [-0.4, -0.2) is 40.2 Å². The molecule has 0 atom stereocenters. The molecule has 1 N–H and O–H groups in total. The molecule has 0 radical (unpaired) electrons. The van der Waals surface area contributed by atoms with Gasteiger partial charge in [0, 0.05) is 32.4 Å². The van der Waals surface area contributed by atoms with Crippen LogP contribution >= 0.6 is 0 Å². The van der Waals surface area contributed by atoms with Crippen LogP contribution in [-0.2, 0) is 17.9 Å². The van der Waals surface area contributed by atoms with Gasteiger partial charge in [0.25, 0.3) is 5.91 Å². The van der Waals surface area contributed by atoms with E-state index in [2.05, 4.69) is 27.2 Å². The molecule has 1 aromatic heterocycles. The van der Waals surface area contributed by atoms with Gasteiger partial charge in [-0.05, 0) is 18.9 Å². The maximum Gasteiger partial charge on any atom is 0.295 e. The third-order valence-corrected chi connectivity index (χ3v) is 2.77. The third-order valence-electron chi connectivity index (χ3n) is 2.77. The molecule has 1 amide bonds. The van der Waals surface area contributed by atoms with E-state index in [9.17, 15) is 4.79 Å². The standard InChI is InChI=1S/C12H16N4O/c1-2-3-12(17)13-6-7-15-8-9-16-11(10-15)4-5-14-16/h4-5H,6-10H2,1H3,(H,13,17). The number of carbonyl (C=O) groups excluding carboxylic acids is 1. The van der Waals surface area contributed by atoms with Crippen LogP contribution in [0.2, 0.25) is 0 Å². The highest BCUT2D eigenvalue weighted by Crippen LogP contribution is 2.09. The Morgan fingerprint density at radius 2 is 2.47 bits per heavy atom. The highest BCUT2D eigenvalue weighted by Gasteiger charge is 2.15. The van der Waals surface area contributed by atoms with E-state index in [0.717, 1.165) is 26.2 Å². The van der Waals surface area contributed by atoms with E-state index in [1.807, 2.05) is 16.9 Å². The molecule has 0 bridgehead atoms. The molecule has 0 saturated heterocycles. The molecule has 0 fully saturated rings. The lowest BCUT2D eigenvalue weighted by molar-refractivity contribution is -0.115. The molecule has 1 aliphatic heterocycles. The number of hydrogen-bond acceptors (Lipinski definition) is 3. The largest absolute Gasteiger partial charge is 0.344 e. The topological polar surface area (TPSA) is 50.2 Å². The van der Waals surface area contributed by atoms with E-state index in [4.69, 9.17) is 0 Å². The van der Waals surface area contributed by atoms with Crippen molar-refractivity contribution in [3.05, 3.63) is 18.0 Å². The van der Waals surface area contributed by atoms with Gasteiger partial charge in [0.2, 0.25) is 0 Å². The molecule has 0 unspecified atom stereocenters. The van der Waals surface area contributed by atoms with Gasteiger partial charge in [-0.3, -0.25) is 14.4 Å². The monoisotopic (exact) mass is 232 g/mol. The van der Waals surface area contributed by atoms with Crippen molar-refractivity contribution in [1.29, 1.82) is 0 Å². The first-order valence-electron chi connectivity index (χ1n) is 5.73. The van der Waals surface area contributed by atoms with Gasteiger partial charge in [-0.1, -0.05) is 5.92 Å². The number of amides is 1. The van der Waals surface area contributed by atoms with Gasteiger partial charge in [-0.2, -0.15) is 5.10 Å². The summed E-state index contributed by atoms with van der Waals surface area (Å²) in [5.74, 6) is 4.84. The van der Waals surface area contributed by atoms with Crippen molar-refractivity contribution in [2.24, 2.45) is 0 Å². The zero-order valence-corrected chi connectivity index (χ0v) is 9.94. The number of aromatic nitrogens is 2. The summed E-state index contributed by atoms with van der Waals surface area (Å²) >= 11 is 0. The summed E-state index contributed by atoms with van der Waals surface area (Å²) in [5, 5.41) is 7.00. The van der Waals surface area contributed by atoms with E-state index >= 15 is 0 Å². The molecule has 5 nitrogen and oxygen atoms in total. The lowest BCUT2D eigenvalue weighted by Gasteiger charge is -2.27. The van der Waals surface area contributed by atoms with Crippen molar-refractivity contribution in [3.63, 3.8) is 0 Å². The minimum atomic E-state index is -0.199. The Morgan fingerprint density at radius 3 is 3.29 bits per heavy atom. The number of fused-ring (bicyclic) bond motifs is 1. The second-order valence-corrected chi connectivity index (χ2v) is 3.95. The molecule has 90 valence electrons. The summed E-state index contributed by atoms with van der Waals surface area (Å²) in [6, 6.07) is 2.04. The van der Waals surface area contributed by atoms with Crippen LogP contribution in [0.25, 0.3) is 0 Å². The molecule has 17 heavy (non-hydrogen) atoms. The highest BCUT2D eigenvalue weighted by molar-refractivity contribution is 5.93. The van der Waals surface area contributed by atoms with Crippen LogP contribution in [0.5, 0.6) is 0 Å². The average Bonchev–Trinajstić information content (AvgIpc) is 2.76. The second-order valence-electron chi connectivity index (χ2n) is 3.95. The zero-order chi connectivity index (χ0) is 12.1. The SMILES string of the molecule is CC#CC(=O)NCCN1CCn2nccc2C1. The predicted molar refractivity (Wildman–Crippen MR) is 64.0 cm³/mol. The van der Waals surface area contributed by atoms with Crippen LogP contribution in [0.1, 0.15) is 12.6 Å². The Balaban J connectivity index is 1.74. The molecule has 0 aliphatic carbocycles. The number of nitrogens with one attached hydrogen (secondary N) is 1. The van der Waals surface area contributed by atoms with E-state index < -0.39 is 0 Å². The van der Waals surface area contributed by atoms with Gasteiger partial charge in [0.1, 0.15) is 0 Å². The van der Waals surface area contributed by atoms with Gasteiger partial charge in [0.15, 0.2) is 0 Å². The lowest BCUT2D eigenvalue weighted by atomic mass is 10.3. The number of carbonyl (C=O) groups is 1. The first kappa shape index (κ1) is 11.7. The number of rotatable bonds is 3. The quantitative estimate of drug-likeness (QED) is 0.737.